The molecule has 0 saturated heterocycles. The molecular weight excluding hydrogens is 280 g/mol. The Labute approximate surface area is 120 Å². The molecule has 1 aliphatic carbocycles. The molecule has 0 aromatic heterocycles. The van der Waals surface area contributed by atoms with Gasteiger partial charge in [0.2, 0.25) is 0 Å². The van der Waals surface area contributed by atoms with Crippen molar-refractivity contribution in [3.05, 3.63) is 22.3 Å². The Morgan fingerprint density at radius 3 is 3.25 bits per heavy atom. The molecule has 0 aromatic carbocycles. The predicted molar refractivity (Wildman–Crippen MR) is 74.1 cm³/mol. The van der Waals surface area contributed by atoms with E-state index in [0.717, 1.165) is 28.5 Å². The van der Waals surface area contributed by atoms with E-state index < -0.39 is 5.97 Å². The topological polar surface area (TPSA) is 77.0 Å². The van der Waals surface area contributed by atoms with Crippen molar-refractivity contribution in [1.29, 1.82) is 0 Å². The van der Waals surface area contributed by atoms with Crippen molar-refractivity contribution in [3.63, 3.8) is 0 Å². The van der Waals surface area contributed by atoms with E-state index in [2.05, 4.69) is 10.5 Å². The Bertz CT molecular complexity index is 565. The maximum atomic E-state index is 12.1. The van der Waals surface area contributed by atoms with Gasteiger partial charge in [-0.25, -0.2) is 4.79 Å². The number of methoxy groups -OCH3 is 1. The summed E-state index contributed by atoms with van der Waals surface area (Å²) in [5.41, 5.74) is 4.79. The Morgan fingerprint density at radius 1 is 1.60 bits per heavy atom. The molecule has 1 N–H and O–H groups in total. The van der Waals surface area contributed by atoms with E-state index in [1.54, 1.807) is 11.8 Å². The highest BCUT2D eigenvalue weighted by Gasteiger charge is 2.36. The SMILES string of the molecule is COCC(=O)OC1=CC(=O)C2=C(C1)C1=NNCC1CS2. The Kier molecular flexibility index (Phi) is 3.62. The average Bonchev–Trinajstić information content (AvgIpc) is 2.87. The van der Waals surface area contributed by atoms with E-state index in [0.29, 0.717) is 18.1 Å². The first-order valence-electron chi connectivity index (χ1n) is 6.30. The summed E-state index contributed by atoms with van der Waals surface area (Å²) in [4.78, 5) is 24.3. The van der Waals surface area contributed by atoms with Crippen LogP contribution in [0.15, 0.2) is 27.4 Å². The van der Waals surface area contributed by atoms with E-state index in [9.17, 15) is 9.59 Å². The minimum Gasteiger partial charge on any atom is -0.429 e. The van der Waals surface area contributed by atoms with Crippen LogP contribution in [0.4, 0.5) is 0 Å². The Hall–Kier alpha value is -1.60. The van der Waals surface area contributed by atoms with Gasteiger partial charge in [0, 0.05) is 43.4 Å². The fourth-order valence-electron chi connectivity index (χ4n) is 2.45. The van der Waals surface area contributed by atoms with Crippen molar-refractivity contribution in [1.82, 2.24) is 5.43 Å². The van der Waals surface area contributed by atoms with E-state index in [-0.39, 0.29) is 12.4 Å². The standard InChI is InChI=1S/C13H14N2O4S/c1-18-5-11(17)19-8-2-9-12-7(4-14-15-12)6-20-13(9)10(16)3-8/h3,7,14H,2,4-6H2,1H3. The number of fused-ring (bicyclic) bond motifs is 2. The number of thioether (sulfide) groups is 1. The number of ketones is 1. The molecule has 0 amide bonds. The van der Waals surface area contributed by atoms with Crippen LogP contribution in [-0.4, -0.2) is 43.5 Å². The molecule has 0 aromatic rings. The van der Waals surface area contributed by atoms with Crippen LogP contribution in [0.25, 0.3) is 0 Å². The highest BCUT2D eigenvalue weighted by atomic mass is 32.2. The fourth-order valence-corrected chi connectivity index (χ4v) is 3.65. The summed E-state index contributed by atoms with van der Waals surface area (Å²) in [7, 11) is 1.42. The van der Waals surface area contributed by atoms with Crippen LogP contribution >= 0.6 is 11.8 Å². The van der Waals surface area contributed by atoms with Gasteiger partial charge in [-0.1, -0.05) is 0 Å². The van der Waals surface area contributed by atoms with E-state index >= 15 is 0 Å². The first-order chi connectivity index (χ1) is 9.69. The van der Waals surface area contributed by atoms with Crippen molar-refractivity contribution >= 4 is 29.2 Å². The summed E-state index contributed by atoms with van der Waals surface area (Å²) >= 11 is 1.56. The number of rotatable bonds is 3. The second-order valence-corrected chi connectivity index (χ2v) is 5.76. The fraction of sp³-hybridized carbons (Fsp3) is 0.462. The summed E-state index contributed by atoms with van der Waals surface area (Å²) in [6.07, 6.45) is 1.82. The van der Waals surface area contributed by atoms with Crippen LogP contribution in [0, 0.1) is 5.92 Å². The molecule has 0 saturated carbocycles. The summed E-state index contributed by atoms with van der Waals surface area (Å²) in [5, 5.41) is 4.28. The van der Waals surface area contributed by atoms with Gasteiger partial charge in [0.25, 0.3) is 0 Å². The molecule has 0 bridgehead atoms. The van der Waals surface area contributed by atoms with Gasteiger partial charge in [-0.2, -0.15) is 5.10 Å². The van der Waals surface area contributed by atoms with Gasteiger partial charge in [-0.15, -0.1) is 11.8 Å². The first-order valence-corrected chi connectivity index (χ1v) is 7.29. The summed E-state index contributed by atoms with van der Waals surface area (Å²) < 4.78 is 9.87. The first kappa shape index (κ1) is 13.4. The zero-order valence-corrected chi connectivity index (χ0v) is 11.8. The van der Waals surface area contributed by atoms with Gasteiger partial charge in [0.1, 0.15) is 12.4 Å². The number of hydrogen-bond donors (Lipinski definition) is 1. The number of carbonyl (C=O) groups is 2. The maximum absolute atomic E-state index is 12.1. The maximum Gasteiger partial charge on any atom is 0.337 e. The van der Waals surface area contributed by atoms with Crippen molar-refractivity contribution < 1.29 is 19.1 Å². The molecule has 20 heavy (non-hydrogen) atoms. The number of nitrogens with one attached hydrogen (secondary N) is 1. The third-order valence-electron chi connectivity index (χ3n) is 3.31. The van der Waals surface area contributed by atoms with Crippen molar-refractivity contribution in [2.24, 2.45) is 11.0 Å². The molecule has 0 spiro atoms. The number of hydrogen-bond acceptors (Lipinski definition) is 7. The highest BCUT2D eigenvalue weighted by molar-refractivity contribution is 8.04. The molecule has 6 nitrogen and oxygen atoms in total. The van der Waals surface area contributed by atoms with Crippen molar-refractivity contribution in [3.8, 4) is 0 Å². The van der Waals surface area contributed by atoms with Gasteiger partial charge in [0.15, 0.2) is 5.78 Å². The number of allylic oxidation sites excluding steroid dienone is 3. The molecule has 0 fully saturated rings. The van der Waals surface area contributed by atoms with E-state index in [4.69, 9.17) is 9.47 Å². The molecule has 2 aliphatic heterocycles. The molecular formula is C13H14N2O4S. The second kappa shape index (κ2) is 5.41. The number of esters is 1. The number of carbonyl (C=O) groups excluding carboxylic acids is 2. The third-order valence-corrected chi connectivity index (χ3v) is 4.62. The van der Waals surface area contributed by atoms with Gasteiger partial charge < -0.3 is 14.9 Å². The minimum atomic E-state index is -0.498. The number of hydrazone groups is 1. The molecule has 3 aliphatic rings. The van der Waals surface area contributed by atoms with Crippen LogP contribution in [0.5, 0.6) is 0 Å². The lowest BCUT2D eigenvalue weighted by atomic mass is 9.91. The Morgan fingerprint density at radius 2 is 2.45 bits per heavy atom. The van der Waals surface area contributed by atoms with E-state index in [1.165, 1.54) is 13.2 Å². The summed E-state index contributed by atoms with van der Waals surface area (Å²) in [6.45, 7) is 0.674. The van der Waals surface area contributed by atoms with Crippen LogP contribution < -0.4 is 5.43 Å². The molecule has 106 valence electrons. The monoisotopic (exact) mass is 294 g/mol. The molecule has 3 rings (SSSR count). The third kappa shape index (κ3) is 2.38. The zero-order valence-electron chi connectivity index (χ0n) is 11.0. The number of nitrogens with zero attached hydrogens (tertiary/aromatic N) is 1. The normalized spacial score (nSPS) is 24.4. The van der Waals surface area contributed by atoms with Gasteiger partial charge >= 0.3 is 5.97 Å². The Balaban J connectivity index is 1.80. The van der Waals surface area contributed by atoms with Crippen LogP contribution in [0.3, 0.4) is 0 Å². The minimum absolute atomic E-state index is 0.107. The summed E-state index contributed by atoms with van der Waals surface area (Å²) in [5.74, 6) is 0.960. The largest absolute Gasteiger partial charge is 0.429 e. The summed E-state index contributed by atoms with van der Waals surface area (Å²) in [6, 6.07) is 0. The van der Waals surface area contributed by atoms with Gasteiger partial charge in [0.05, 0.1) is 10.6 Å². The van der Waals surface area contributed by atoms with Crippen molar-refractivity contribution in [2.45, 2.75) is 6.42 Å². The van der Waals surface area contributed by atoms with Crippen molar-refractivity contribution in [2.75, 3.05) is 26.0 Å². The van der Waals surface area contributed by atoms with Crippen LogP contribution in [0.2, 0.25) is 0 Å². The van der Waals surface area contributed by atoms with Gasteiger partial charge in [-0.3, -0.25) is 4.79 Å². The van der Waals surface area contributed by atoms with Crippen LogP contribution in [-0.2, 0) is 19.1 Å². The molecule has 0 radical (unpaired) electrons. The molecule has 1 atom stereocenters. The molecule has 7 heteroatoms. The molecule has 2 heterocycles. The lowest BCUT2D eigenvalue weighted by molar-refractivity contribution is -0.143. The lowest BCUT2D eigenvalue weighted by Gasteiger charge is -2.26. The predicted octanol–water partition coefficient (Wildman–Crippen LogP) is 0.609. The molecule has 1 unspecified atom stereocenters. The van der Waals surface area contributed by atoms with Crippen LogP contribution in [0.1, 0.15) is 6.42 Å². The van der Waals surface area contributed by atoms with Gasteiger partial charge in [-0.05, 0) is 0 Å². The number of ether oxygens (including phenoxy) is 2. The lowest BCUT2D eigenvalue weighted by Crippen LogP contribution is -2.28. The average molecular weight is 294 g/mol. The second-order valence-electron chi connectivity index (χ2n) is 4.73. The zero-order chi connectivity index (χ0) is 14.1. The smallest absolute Gasteiger partial charge is 0.337 e. The van der Waals surface area contributed by atoms with E-state index in [1.807, 2.05) is 0 Å². The highest BCUT2D eigenvalue weighted by Crippen LogP contribution is 2.39. The quantitative estimate of drug-likeness (QED) is 0.769.